The van der Waals surface area contributed by atoms with E-state index < -0.39 is 6.62 Å². The molecule has 0 saturated carbocycles. The van der Waals surface area contributed by atoms with Crippen LogP contribution in [0.25, 0.3) is 0 Å². The van der Waals surface area contributed by atoms with Gasteiger partial charge in [0, 0.05) is 43.1 Å². The molecular formula is C17H35NO2PS+. The molecule has 0 radical (unpaired) electrons. The maximum Gasteiger partial charge on any atom is 0.200 e. The second kappa shape index (κ2) is 7.70. The fourth-order valence-electron chi connectivity index (χ4n) is 3.66. The van der Waals surface area contributed by atoms with E-state index in [1.165, 1.54) is 19.3 Å². The molecule has 0 aromatic heterocycles. The van der Waals surface area contributed by atoms with Crippen LogP contribution >= 0.6 is 18.9 Å². The van der Waals surface area contributed by atoms with Crippen LogP contribution in [0, 0.1) is 17.8 Å². The predicted molar refractivity (Wildman–Crippen MR) is 99.4 cm³/mol. The first-order valence-electron chi connectivity index (χ1n) is 8.96. The van der Waals surface area contributed by atoms with Crippen molar-refractivity contribution in [3.8, 4) is 0 Å². The Kier molecular flexibility index (Phi) is 6.64. The maximum atomic E-state index is 6.47. The van der Waals surface area contributed by atoms with Crippen molar-refractivity contribution in [1.29, 1.82) is 0 Å². The first-order chi connectivity index (χ1) is 10.3. The Morgan fingerprint density at radius 3 is 1.64 bits per heavy atom. The molecule has 0 spiro atoms. The Morgan fingerprint density at radius 1 is 0.818 bits per heavy atom. The molecule has 2 atom stereocenters. The third-order valence-electron chi connectivity index (χ3n) is 4.77. The number of hydrogen-bond acceptors (Lipinski definition) is 4. The zero-order valence-corrected chi connectivity index (χ0v) is 16.9. The van der Waals surface area contributed by atoms with Crippen LogP contribution in [0.1, 0.15) is 60.8 Å². The largest absolute Gasteiger partial charge is 0.311 e. The summed E-state index contributed by atoms with van der Waals surface area (Å²) in [7, 11) is 0. The minimum Gasteiger partial charge on any atom is -0.311 e. The van der Waals surface area contributed by atoms with Crippen molar-refractivity contribution >= 4 is 18.9 Å². The van der Waals surface area contributed by atoms with Crippen LogP contribution < -0.4 is 0 Å². The number of nitrogens with zero attached hydrogens (tertiary/aromatic N) is 1. The van der Waals surface area contributed by atoms with Gasteiger partial charge in [-0.3, -0.25) is 0 Å². The summed E-state index contributed by atoms with van der Waals surface area (Å²) in [6, 6.07) is 0. The highest BCUT2D eigenvalue weighted by molar-refractivity contribution is 8.52. The molecule has 0 aliphatic carbocycles. The van der Waals surface area contributed by atoms with E-state index in [0.29, 0.717) is 17.8 Å². The summed E-state index contributed by atoms with van der Waals surface area (Å²) in [6.07, 6.45) is 3.82. The monoisotopic (exact) mass is 348 g/mol. The van der Waals surface area contributed by atoms with Crippen LogP contribution in [0.2, 0.25) is 0 Å². The van der Waals surface area contributed by atoms with Gasteiger partial charge < -0.3 is 9.47 Å². The molecule has 0 N–H and O–H groups in total. The lowest BCUT2D eigenvalue weighted by Gasteiger charge is -2.50. The zero-order chi connectivity index (χ0) is 16.5. The van der Waals surface area contributed by atoms with Gasteiger partial charge in [-0.25, -0.2) is 0 Å². The molecule has 2 saturated heterocycles. The smallest absolute Gasteiger partial charge is 0.200 e. The van der Waals surface area contributed by atoms with Gasteiger partial charge in [-0.2, -0.15) is 4.67 Å². The molecular weight excluding hydrogens is 313 g/mol. The quantitative estimate of drug-likeness (QED) is 0.554. The third kappa shape index (κ3) is 3.67. The van der Waals surface area contributed by atoms with Gasteiger partial charge in [0.2, 0.25) is 11.7 Å². The van der Waals surface area contributed by atoms with Crippen molar-refractivity contribution in [3.63, 3.8) is 0 Å². The summed E-state index contributed by atoms with van der Waals surface area (Å²) in [5, 5.41) is 0. The lowest BCUT2D eigenvalue weighted by Crippen LogP contribution is -2.50. The van der Waals surface area contributed by atoms with E-state index in [0.717, 1.165) is 13.1 Å². The first kappa shape index (κ1) is 19.0. The van der Waals surface area contributed by atoms with Gasteiger partial charge in [-0.15, -0.1) is 0 Å². The average molecular weight is 349 g/mol. The second-order valence-electron chi connectivity index (χ2n) is 7.87. The summed E-state index contributed by atoms with van der Waals surface area (Å²) >= 11 is 5.36. The number of thiol groups is 1. The van der Waals surface area contributed by atoms with Crippen LogP contribution in [-0.4, -0.2) is 35.7 Å². The highest BCUT2D eigenvalue weighted by atomic mass is 32.7. The topological polar surface area (TPSA) is 21.7 Å². The Labute approximate surface area is 143 Å². The highest BCUT2D eigenvalue weighted by Gasteiger charge is 2.63. The molecule has 0 bridgehead atoms. The lowest BCUT2D eigenvalue weighted by atomic mass is 10.2. The average Bonchev–Trinajstić information content (AvgIpc) is 2.47. The van der Waals surface area contributed by atoms with E-state index >= 15 is 0 Å². The van der Waals surface area contributed by atoms with Crippen LogP contribution in [0.15, 0.2) is 0 Å². The molecule has 130 valence electrons. The van der Waals surface area contributed by atoms with Crippen molar-refractivity contribution in [3.05, 3.63) is 0 Å². The van der Waals surface area contributed by atoms with E-state index in [2.05, 4.69) is 46.2 Å². The van der Waals surface area contributed by atoms with Crippen molar-refractivity contribution < 1.29 is 9.47 Å². The predicted octanol–water partition coefficient (Wildman–Crippen LogP) is 5.24. The second-order valence-corrected chi connectivity index (χ2v) is 12.8. The van der Waals surface area contributed by atoms with E-state index in [1.807, 2.05) is 0 Å². The molecule has 0 aromatic rings. The summed E-state index contributed by atoms with van der Waals surface area (Å²) < 4.78 is 15.6. The highest BCUT2D eigenvalue weighted by Crippen LogP contribution is 2.78. The van der Waals surface area contributed by atoms with Crippen molar-refractivity contribution in [2.24, 2.45) is 17.8 Å². The van der Waals surface area contributed by atoms with Gasteiger partial charge in [-0.1, -0.05) is 48.0 Å². The standard InChI is InChI=1S/C17H35NO2PS/c1-12(2)15-19-16(13(3)4)21(22,17(20-15)14(5)6)18-10-8-7-9-11-18/h12-17,22H,7-11H2,1-6H3/q+1. The van der Waals surface area contributed by atoms with Gasteiger partial charge in [0.1, 0.15) is 0 Å². The minimum absolute atomic E-state index is 0.0927. The number of hydrogen-bond donors (Lipinski definition) is 1. The van der Waals surface area contributed by atoms with Crippen molar-refractivity contribution in [1.82, 2.24) is 4.67 Å². The molecule has 3 nitrogen and oxygen atoms in total. The van der Waals surface area contributed by atoms with Gasteiger partial charge in [0.05, 0.1) is 0 Å². The molecule has 2 rings (SSSR count). The van der Waals surface area contributed by atoms with Gasteiger partial charge in [-0.05, 0) is 12.8 Å². The molecule has 0 amide bonds. The van der Waals surface area contributed by atoms with E-state index in [9.17, 15) is 0 Å². The number of ether oxygens (including phenoxy) is 2. The van der Waals surface area contributed by atoms with Gasteiger partial charge in [0.25, 0.3) is 0 Å². The van der Waals surface area contributed by atoms with Crippen molar-refractivity contribution in [2.45, 2.75) is 78.8 Å². The van der Waals surface area contributed by atoms with Crippen molar-refractivity contribution in [2.75, 3.05) is 13.1 Å². The molecule has 5 heteroatoms. The third-order valence-corrected chi connectivity index (χ3v) is 11.1. The van der Waals surface area contributed by atoms with Crippen LogP contribution in [0.4, 0.5) is 0 Å². The Morgan fingerprint density at radius 2 is 1.27 bits per heavy atom. The molecule has 0 aromatic carbocycles. The van der Waals surface area contributed by atoms with E-state index in [1.54, 1.807) is 0 Å². The molecule has 22 heavy (non-hydrogen) atoms. The Balaban J connectivity index is 2.35. The fraction of sp³-hybridized carbons (Fsp3) is 1.00. The van der Waals surface area contributed by atoms with Gasteiger partial charge >= 0.3 is 0 Å². The fourth-order valence-corrected chi connectivity index (χ4v) is 10.3. The normalized spacial score (nSPS) is 38.2. The Hall–Kier alpha value is 0.660. The minimum atomic E-state index is -1.77. The molecule has 2 fully saturated rings. The molecule has 2 unspecified atom stereocenters. The molecule has 2 heterocycles. The SMILES string of the molecule is CC(C)C1OC(C(C)C)[P+](S)(N2CCCCC2)C(C(C)C)O1. The van der Waals surface area contributed by atoms with Crippen LogP contribution in [0.3, 0.4) is 0 Å². The van der Waals surface area contributed by atoms with E-state index in [4.69, 9.17) is 21.7 Å². The maximum absolute atomic E-state index is 6.47. The molecule has 2 aliphatic rings. The molecule has 2 aliphatic heterocycles. The summed E-state index contributed by atoms with van der Waals surface area (Å²) in [5.41, 5.74) is 0. The number of piperidine rings is 1. The summed E-state index contributed by atoms with van der Waals surface area (Å²) in [4.78, 5) is 0. The number of rotatable bonds is 4. The first-order valence-corrected chi connectivity index (χ1v) is 12.0. The van der Waals surface area contributed by atoms with E-state index in [-0.39, 0.29) is 18.0 Å². The van der Waals surface area contributed by atoms with Crippen LogP contribution in [-0.2, 0) is 9.47 Å². The zero-order valence-electron chi connectivity index (χ0n) is 15.2. The summed E-state index contributed by atoms with van der Waals surface area (Å²) in [5.74, 6) is 1.74. The van der Waals surface area contributed by atoms with Gasteiger partial charge in [0.15, 0.2) is 12.9 Å². The summed E-state index contributed by atoms with van der Waals surface area (Å²) in [6.45, 7) is 14.0. The lowest BCUT2D eigenvalue weighted by molar-refractivity contribution is -0.215. The Bertz CT molecular complexity index is 341. The van der Waals surface area contributed by atoms with Crippen LogP contribution in [0.5, 0.6) is 0 Å².